The molecule has 0 amide bonds. The third-order valence-electron chi connectivity index (χ3n) is 2.86. The molecule has 0 fully saturated rings. The van der Waals surface area contributed by atoms with Gasteiger partial charge in [0, 0.05) is 17.8 Å². The lowest BCUT2D eigenvalue weighted by Gasteiger charge is -1.93. The van der Waals surface area contributed by atoms with Crippen molar-refractivity contribution in [2.45, 2.75) is 13.0 Å². The van der Waals surface area contributed by atoms with Crippen LogP contribution in [0.4, 0.5) is 0 Å². The molecule has 2 aromatic heterocycles. The van der Waals surface area contributed by atoms with Gasteiger partial charge in [-0.1, -0.05) is 40.7 Å². The highest BCUT2D eigenvalue weighted by Gasteiger charge is 2.09. The summed E-state index contributed by atoms with van der Waals surface area (Å²) in [5, 5.41) is 20.3. The van der Waals surface area contributed by atoms with Crippen molar-refractivity contribution in [3.05, 3.63) is 54.0 Å². The molecule has 0 aliphatic rings. The number of nitrogens with zero attached hydrogens (tertiary/aromatic N) is 4. The first-order valence-corrected chi connectivity index (χ1v) is 6.32. The smallest absolute Gasteiger partial charge is 0.309 e. The second kappa shape index (κ2) is 5.58. The average molecular weight is 284 g/mol. The molecule has 0 unspecified atom stereocenters. The summed E-state index contributed by atoms with van der Waals surface area (Å²) in [6.07, 6.45) is 1.44. The van der Waals surface area contributed by atoms with Crippen molar-refractivity contribution < 1.29 is 14.4 Å². The Hall–Kier alpha value is -2.96. The minimum atomic E-state index is -0.935. The van der Waals surface area contributed by atoms with Gasteiger partial charge in [0.25, 0.3) is 0 Å². The second-order valence-electron chi connectivity index (χ2n) is 4.53. The molecule has 0 radical (unpaired) electrons. The minimum Gasteiger partial charge on any atom is -0.481 e. The first-order chi connectivity index (χ1) is 10.2. The quantitative estimate of drug-likeness (QED) is 0.765. The van der Waals surface area contributed by atoms with Crippen LogP contribution >= 0.6 is 0 Å². The molecular formula is C14H12N4O3. The van der Waals surface area contributed by atoms with Crippen molar-refractivity contribution in [3.63, 3.8) is 0 Å². The summed E-state index contributed by atoms with van der Waals surface area (Å²) in [7, 11) is 0. The number of carbonyl (C=O) groups is 1. The number of aliphatic carboxylic acids is 1. The van der Waals surface area contributed by atoms with Crippen molar-refractivity contribution >= 4 is 5.97 Å². The topological polar surface area (TPSA) is 94.0 Å². The Labute approximate surface area is 119 Å². The van der Waals surface area contributed by atoms with E-state index in [1.165, 1.54) is 4.68 Å². The molecule has 0 aliphatic heterocycles. The van der Waals surface area contributed by atoms with Gasteiger partial charge in [0.2, 0.25) is 0 Å². The molecule has 0 aliphatic carbocycles. The largest absolute Gasteiger partial charge is 0.481 e. The summed E-state index contributed by atoms with van der Waals surface area (Å²) in [6, 6.07) is 11.5. The van der Waals surface area contributed by atoms with E-state index in [2.05, 4.69) is 15.5 Å². The van der Waals surface area contributed by atoms with Crippen LogP contribution < -0.4 is 0 Å². The van der Waals surface area contributed by atoms with Crippen LogP contribution in [0.25, 0.3) is 11.3 Å². The fraction of sp³-hybridized carbons (Fsp3) is 0.143. The first-order valence-electron chi connectivity index (χ1n) is 6.32. The predicted octanol–water partition coefficient (Wildman–Crippen LogP) is 1.61. The zero-order chi connectivity index (χ0) is 14.7. The zero-order valence-corrected chi connectivity index (χ0v) is 11.0. The number of rotatable bonds is 5. The maximum absolute atomic E-state index is 10.6. The number of hydrogen-bond acceptors (Lipinski definition) is 5. The van der Waals surface area contributed by atoms with Gasteiger partial charge in [0.15, 0.2) is 5.76 Å². The standard InChI is InChI=1S/C14H12N4O3/c19-14(20)7-11-8-18(17-15-11)9-12-6-13(21-16-12)10-4-2-1-3-5-10/h1-6,8H,7,9H2,(H,19,20). The fourth-order valence-electron chi connectivity index (χ4n) is 1.94. The van der Waals surface area contributed by atoms with Crippen LogP contribution in [-0.4, -0.2) is 31.2 Å². The van der Waals surface area contributed by atoms with Gasteiger partial charge in [-0.3, -0.25) is 4.79 Å². The molecule has 1 aromatic carbocycles. The second-order valence-corrected chi connectivity index (χ2v) is 4.53. The SMILES string of the molecule is O=C(O)Cc1cn(Cc2cc(-c3ccccc3)on2)nn1. The van der Waals surface area contributed by atoms with E-state index in [9.17, 15) is 4.79 Å². The van der Waals surface area contributed by atoms with Gasteiger partial charge in [-0.25, -0.2) is 4.68 Å². The van der Waals surface area contributed by atoms with Crippen molar-refractivity contribution in [3.8, 4) is 11.3 Å². The van der Waals surface area contributed by atoms with Gasteiger partial charge in [-0.15, -0.1) is 5.10 Å². The molecule has 0 saturated heterocycles. The molecular weight excluding hydrogens is 272 g/mol. The lowest BCUT2D eigenvalue weighted by atomic mass is 10.2. The molecule has 2 heterocycles. The fourth-order valence-corrected chi connectivity index (χ4v) is 1.94. The average Bonchev–Trinajstić information content (AvgIpc) is 3.09. The van der Waals surface area contributed by atoms with Gasteiger partial charge in [-0.2, -0.15) is 0 Å². The third-order valence-corrected chi connectivity index (χ3v) is 2.86. The van der Waals surface area contributed by atoms with Gasteiger partial charge in [0.1, 0.15) is 5.69 Å². The van der Waals surface area contributed by atoms with Gasteiger partial charge >= 0.3 is 5.97 Å². The van der Waals surface area contributed by atoms with E-state index in [0.717, 1.165) is 5.56 Å². The zero-order valence-electron chi connectivity index (χ0n) is 11.0. The Balaban J connectivity index is 1.73. The van der Waals surface area contributed by atoms with E-state index in [0.29, 0.717) is 23.7 Å². The lowest BCUT2D eigenvalue weighted by molar-refractivity contribution is -0.136. The van der Waals surface area contributed by atoms with Gasteiger partial charge in [0.05, 0.1) is 18.7 Å². The Kier molecular flexibility index (Phi) is 3.46. The van der Waals surface area contributed by atoms with Gasteiger partial charge < -0.3 is 9.63 Å². The normalized spacial score (nSPS) is 10.7. The number of hydrogen-bond donors (Lipinski definition) is 1. The monoisotopic (exact) mass is 284 g/mol. The minimum absolute atomic E-state index is 0.145. The summed E-state index contributed by atoms with van der Waals surface area (Å²) in [4.78, 5) is 10.6. The number of carboxylic acid groups (broad SMARTS) is 1. The van der Waals surface area contributed by atoms with E-state index in [-0.39, 0.29) is 6.42 Å². The van der Waals surface area contributed by atoms with E-state index >= 15 is 0 Å². The molecule has 0 saturated carbocycles. The predicted molar refractivity (Wildman–Crippen MR) is 72.4 cm³/mol. The van der Waals surface area contributed by atoms with Crippen LogP contribution in [0.3, 0.4) is 0 Å². The highest BCUT2D eigenvalue weighted by Crippen LogP contribution is 2.19. The van der Waals surface area contributed by atoms with E-state index in [1.807, 2.05) is 36.4 Å². The van der Waals surface area contributed by atoms with Crippen molar-refractivity contribution in [2.75, 3.05) is 0 Å². The highest BCUT2D eigenvalue weighted by atomic mass is 16.5. The maximum atomic E-state index is 10.6. The molecule has 0 bridgehead atoms. The van der Waals surface area contributed by atoms with Crippen molar-refractivity contribution in [1.29, 1.82) is 0 Å². The molecule has 0 atom stereocenters. The molecule has 1 N–H and O–H groups in total. The molecule has 21 heavy (non-hydrogen) atoms. The summed E-state index contributed by atoms with van der Waals surface area (Å²) in [6.45, 7) is 0.378. The number of aromatic nitrogens is 4. The van der Waals surface area contributed by atoms with Gasteiger partial charge in [-0.05, 0) is 0 Å². The first kappa shape index (κ1) is 13.0. The summed E-state index contributed by atoms with van der Waals surface area (Å²) >= 11 is 0. The number of benzene rings is 1. The van der Waals surface area contributed by atoms with Crippen LogP contribution in [0.1, 0.15) is 11.4 Å². The van der Waals surface area contributed by atoms with E-state index in [4.69, 9.17) is 9.63 Å². The number of carboxylic acids is 1. The molecule has 7 nitrogen and oxygen atoms in total. The molecule has 7 heteroatoms. The Morgan fingerprint density at radius 3 is 2.81 bits per heavy atom. The van der Waals surface area contributed by atoms with Crippen molar-refractivity contribution in [1.82, 2.24) is 20.2 Å². The molecule has 106 valence electrons. The van der Waals surface area contributed by atoms with Crippen LogP contribution in [0.15, 0.2) is 47.1 Å². The molecule has 3 rings (SSSR count). The highest BCUT2D eigenvalue weighted by molar-refractivity contribution is 5.69. The Bertz CT molecular complexity index is 748. The maximum Gasteiger partial charge on any atom is 0.309 e. The summed E-state index contributed by atoms with van der Waals surface area (Å²) < 4.78 is 6.82. The third kappa shape index (κ3) is 3.14. The van der Waals surface area contributed by atoms with Crippen LogP contribution in [-0.2, 0) is 17.8 Å². The Morgan fingerprint density at radius 1 is 1.24 bits per heavy atom. The van der Waals surface area contributed by atoms with Crippen LogP contribution in [0.2, 0.25) is 0 Å². The van der Waals surface area contributed by atoms with Crippen LogP contribution in [0, 0.1) is 0 Å². The van der Waals surface area contributed by atoms with Crippen molar-refractivity contribution in [2.24, 2.45) is 0 Å². The van der Waals surface area contributed by atoms with E-state index < -0.39 is 5.97 Å². The molecule has 0 spiro atoms. The lowest BCUT2D eigenvalue weighted by Crippen LogP contribution is -2.01. The summed E-state index contributed by atoms with van der Waals surface area (Å²) in [5.74, 6) is -0.258. The summed E-state index contributed by atoms with van der Waals surface area (Å²) in [5.41, 5.74) is 2.05. The molecule has 3 aromatic rings. The van der Waals surface area contributed by atoms with Crippen LogP contribution in [0.5, 0.6) is 0 Å². The van der Waals surface area contributed by atoms with E-state index in [1.54, 1.807) is 6.20 Å². The Morgan fingerprint density at radius 2 is 2.05 bits per heavy atom.